The molecular weight excluding hydrogens is 256 g/mol. The summed E-state index contributed by atoms with van der Waals surface area (Å²) in [4.78, 5) is 14.8. The number of rotatable bonds is 3. The molecule has 0 spiro atoms. The molecule has 2 atom stereocenters. The summed E-state index contributed by atoms with van der Waals surface area (Å²) in [7, 11) is 0. The number of carbonyl (C=O) groups excluding carboxylic acids is 1. The molecule has 6 heteroatoms. The van der Waals surface area contributed by atoms with E-state index >= 15 is 0 Å². The zero-order chi connectivity index (χ0) is 14.2. The lowest BCUT2D eigenvalue weighted by molar-refractivity contribution is -0.142. The maximum Gasteiger partial charge on any atom is 0.226 e. The highest BCUT2D eigenvalue weighted by Crippen LogP contribution is 2.35. The lowest BCUT2D eigenvalue weighted by Gasteiger charge is -2.38. The standard InChI is InChI=1S/C14H22N4O2/c1-2-14(9-19)6-3-7-18(14)13(20)10-4-5-11-12(8-10)16-17-15-11/h10,19H,2-9H2,1H3,(H,15,16,17). The van der Waals surface area contributed by atoms with Crippen molar-refractivity contribution in [2.24, 2.45) is 5.92 Å². The first-order chi connectivity index (χ1) is 9.70. The monoisotopic (exact) mass is 278 g/mol. The fourth-order valence-electron chi connectivity index (χ4n) is 3.64. The van der Waals surface area contributed by atoms with E-state index in [0.717, 1.165) is 50.0 Å². The highest BCUT2D eigenvalue weighted by molar-refractivity contribution is 5.80. The first-order valence-electron chi connectivity index (χ1n) is 7.51. The number of nitrogens with one attached hydrogen (secondary N) is 1. The predicted molar refractivity (Wildman–Crippen MR) is 73.0 cm³/mol. The molecule has 0 saturated carbocycles. The molecule has 0 bridgehead atoms. The SMILES string of the molecule is CCC1(CO)CCCN1C(=O)C1CCc2n[nH]nc2C1. The van der Waals surface area contributed by atoms with Gasteiger partial charge in [-0.15, -0.1) is 0 Å². The fourth-order valence-corrected chi connectivity index (χ4v) is 3.64. The van der Waals surface area contributed by atoms with Crippen molar-refractivity contribution in [2.45, 2.75) is 51.0 Å². The van der Waals surface area contributed by atoms with Gasteiger partial charge in [0.05, 0.1) is 23.5 Å². The van der Waals surface area contributed by atoms with Gasteiger partial charge in [0, 0.05) is 18.9 Å². The fraction of sp³-hybridized carbons (Fsp3) is 0.786. The van der Waals surface area contributed by atoms with Crippen molar-refractivity contribution in [1.82, 2.24) is 20.3 Å². The van der Waals surface area contributed by atoms with Gasteiger partial charge < -0.3 is 10.0 Å². The Hall–Kier alpha value is -1.43. The third kappa shape index (κ3) is 2.02. The predicted octanol–water partition coefficient (Wildman–Crippen LogP) is 0.673. The molecule has 0 aromatic carbocycles. The van der Waals surface area contributed by atoms with Crippen molar-refractivity contribution in [3.8, 4) is 0 Å². The van der Waals surface area contributed by atoms with E-state index < -0.39 is 0 Å². The molecule has 20 heavy (non-hydrogen) atoms. The smallest absolute Gasteiger partial charge is 0.226 e. The Morgan fingerprint density at radius 2 is 2.30 bits per heavy atom. The van der Waals surface area contributed by atoms with Gasteiger partial charge in [0.25, 0.3) is 0 Å². The Morgan fingerprint density at radius 1 is 1.50 bits per heavy atom. The van der Waals surface area contributed by atoms with Crippen molar-refractivity contribution >= 4 is 5.91 Å². The number of aliphatic hydroxyl groups excluding tert-OH is 1. The Morgan fingerprint density at radius 3 is 3.05 bits per heavy atom. The van der Waals surface area contributed by atoms with Crippen molar-refractivity contribution in [2.75, 3.05) is 13.2 Å². The van der Waals surface area contributed by atoms with E-state index in [9.17, 15) is 9.90 Å². The molecule has 2 heterocycles. The molecule has 1 amide bonds. The molecular formula is C14H22N4O2. The summed E-state index contributed by atoms with van der Waals surface area (Å²) < 4.78 is 0. The van der Waals surface area contributed by atoms with Crippen LogP contribution in [-0.4, -0.2) is 50.0 Å². The van der Waals surface area contributed by atoms with Crippen LogP contribution in [0.2, 0.25) is 0 Å². The van der Waals surface area contributed by atoms with Crippen molar-refractivity contribution in [3.63, 3.8) is 0 Å². The number of nitrogens with zero attached hydrogens (tertiary/aromatic N) is 3. The van der Waals surface area contributed by atoms with Crippen LogP contribution in [0.4, 0.5) is 0 Å². The third-order valence-electron chi connectivity index (χ3n) is 5.04. The van der Waals surface area contributed by atoms with E-state index in [1.807, 2.05) is 4.90 Å². The molecule has 2 unspecified atom stereocenters. The number of fused-ring (bicyclic) bond motifs is 1. The number of amides is 1. The van der Waals surface area contributed by atoms with E-state index in [0.29, 0.717) is 6.42 Å². The number of H-pyrrole nitrogens is 1. The van der Waals surface area contributed by atoms with Gasteiger partial charge >= 0.3 is 0 Å². The summed E-state index contributed by atoms with van der Waals surface area (Å²) in [6.07, 6.45) is 5.04. The molecule has 1 aromatic heterocycles. The van der Waals surface area contributed by atoms with Gasteiger partial charge in [-0.2, -0.15) is 15.4 Å². The molecule has 1 saturated heterocycles. The molecule has 1 aromatic rings. The van der Waals surface area contributed by atoms with Crippen LogP contribution < -0.4 is 0 Å². The van der Waals surface area contributed by atoms with Crippen LogP contribution in [0, 0.1) is 5.92 Å². The van der Waals surface area contributed by atoms with Crippen molar-refractivity contribution in [1.29, 1.82) is 0 Å². The third-order valence-corrected chi connectivity index (χ3v) is 5.04. The minimum Gasteiger partial charge on any atom is -0.394 e. The van der Waals surface area contributed by atoms with Crippen LogP contribution in [0.15, 0.2) is 0 Å². The van der Waals surface area contributed by atoms with Crippen LogP contribution in [-0.2, 0) is 17.6 Å². The molecule has 3 rings (SSSR count). The molecule has 6 nitrogen and oxygen atoms in total. The molecule has 0 radical (unpaired) electrons. The lowest BCUT2D eigenvalue weighted by atomic mass is 9.86. The summed E-state index contributed by atoms with van der Waals surface area (Å²) in [6, 6.07) is 0. The number of carbonyl (C=O) groups is 1. The van der Waals surface area contributed by atoms with Gasteiger partial charge in [0.1, 0.15) is 0 Å². The first-order valence-corrected chi connectivity index (χ1v) is 7.51. The topological polar surface area (TPSA) is 82.1 Å². The van der Waals surface area contributed by atoms with Gasteiger partial charge in [0.2, 0.25) is 5.91 Å². The van der Waals surface area contributed by atoms with E-state index in [1.54, 1.807) is 0 Å². The zero-order valence-electron chi connectivity index (χ0n) is 11.9. The average Bonchev–Trinajstić information content (AvgIpc) is 3.12. The Balaban J connectivity index is 1.76. The molecule has 1 aliphatic carbocycles. The normalized spacial score (nSPS) is 29.5. The summed E-state index contributed by atoms with van der Waals surface area (Å²) in [5.74, 6) is 0.176. The molecule has 1 fully saturated rings. The maximum atomic E-state index is 12.8. The molecule has 2 N–H and O–H groups in total. The van der Waals surface area contributed by atoms with E-state index in [4.69, 9.17) is 0 Å². The van der Waals surface area contributed by atoms with Gasteiger partial charge in [0.15, 0.2) is 0 Å². The minimum absolute atomic E-state index is 0.0109. The zero-order valence-corrected chi connectivity index (χ0v) is 11.9. The van der Waals surface area contributed by atoms with Gasteiger partial charge in [-0.1, -0.05) is 6.92 Å². The van der Waals surface area contributed by atoms with E-state index in [-0.39, 0.29) is 24.0 Å². The summed E-state index contributed by atoms with van der Waals surface area (Å²) in [6.45, 7) is 2.89. The maximum absolute atomic E-state index is 12.8. The first kappa shape index (κ1) is 13.5. The number of hydrogen-bond donors (Lipinski definition) is 2. The van der Waals surface area contributed by atoms with Gasteiger partial charge in [-0.05, 0) is 32.1 Å². The second-order valence-corrected chi connectivity index (χ2v) is 5.99. The Bertz CT molecular complexity index is 495. The summed E-state index contributed by atoms with van der Waals surface area (Å²) >= 11 is 0. The molecule has 110 valence electrons. The summed E-state index contributed by atoms with van der Waals surface area (Å²) in [5.41, 5.74) is 1.60. The number of aryl methyl sites for hydroxylation is 1. The van der Waals surface area contributed by atoms with Crippen LogP contribution in [0.5, 0.6) is 0 Å². The Kier molecular flexibility index (Phi) is 3.50. The largest absolute Gasteiger partial charge is 0.394 e. The second kappa shape index (κ2) is 5.16. The molecule has 1 aliphatic heterocycles. The summed E-state index contributed by atoms with van der Waals surface area (Å²) in [5, 5.41) is 20.6. The van der Waals surface area contributed by atoms with Crippen LogP contribution >= 0.6 is 0 Å². The van der Waals surface area contributed by atoms with Crippen molar-refractivity contribution < 1.29 is 9.90 Å². The lowest BCUT2D eigenvalue weighted by Crippen LogP contribution is -2.52. The van der Waals surface area contributed by atoms with Crippen LogP contribution in [0.1, 0.15) is 44.0 Å². The van der Waals surface area contributed by atoms with Gasteiger partial charge in [-0.3, -0.25) is 4.79 Å². The van der Waals surface area contributed by atoms with Crippen molar-refractivity contribution in [3.05, 3.63) is 11.4 Å². The van der Waals surface area contributed by atoms with E-state index in [2.05, 4.69) is 22.3 Å². The number of hydrogen-bond acceptors (Lipinski definition) is 4. The van der Waals surface area contributed by atoms with Crippen LogP contribution in [0.3, 0.4) is 0 Å². The van der Waals surface area contributed by atoms with Gasteiger partial charge in [-0.25, -0.2) is 0 Å². The number of aromatic amines is 1. The average molecular weight is 278 g/mol. The highest BCUT2D eigenvalue weighted by Gasteiger charge is 2.44. The number of aliphatic hydroxyl groups is 1. The Labute approximate surface area is 118 Å². The number of likely N-dealkylation sites (tertiary alicyclic amines) is 1. The highest BCUT2D eigenvalue weighted by atomic mass is 16.3. The van der Waals surface area contributed by atoms with E-state index in [1.165, 1.54) is 0 Å². The molecule has 2 aliphatic rings. The van der Waals surface area contributed by atoms with Crippen LogP contribution in [0.25, 0.3) is 0 Å². The minimum atomic E-state index is -0.332. The second-order valence-electron chi connectivity index (χ2n) is 5.99. The quantitative estimate of drug-likeness (QED) is 0.851. The number of aromatic nitrogens is 3.